The Hall–Kier alpha value is -1.95. The maximum Gasteiger partial charge on any atom is 0.295 e. The number of nitrogens with zero attached hydrogens (tertiary/aromatic N) is 1. The molecule has 0 unspecified atom stereocenters. The van der Waals surface area contributed by atoms with Gasteiger partial charge in [0.15, 0.2) is 0 Å². The number of halogens is 2. The quantitative estimate of drug-likeness (QED) is 0.706. The molecule has 1 N–H and O–H groups in total. The monoisotopic (exact) mass is 392 g/mol. The van der Waals surface area contributed by atoms with E-state index in [2.05, 4.69) is 5.32 Å². The van der Waals surface area contributed by atoms with Crippen molar-refractivity contribution < 1.29 is 9.59 Å². The highest BCUT2D eigenvalue weighted by Crippen LogP contribution is 2.33. The second kappa shape index (κ2) is 7.52. The predicted molar refractivity (Wildman–Crippen MR) is 104 cm³/mol. The van der Waals surface area contributed by atoms with E-state index in [0.29, 0.717) is 20.5 Å². The van der Waals surface area contributed by atoms with Crippen molar-refractivity contribution in [3.63, 3.8) is 0 Å². The molecule has 1 aliphatic rings. The minimum absolute atomic E-state index is 0.0751. The number of hydrogen-bond donors (Lipinski definition) is 1. The van der Waals surface area contributed by atoms with Crippen LogP contribution in [-0.2, 0) is 4.79 Å². The Balaban J connectivity index is 1.76. The van der Waals surface area contributed by atoms with Crippen molar-refractivity contribution in [2.75, 3.05) is 12.0 Å². The van der Waals surface area contributed by atoms with Crippen LogP contribution in [0.25, 0.3) is 6.08 Å². The summed E-state index contributed by atoms with van der Waals surface area (Å²) >= 11 is 13.1. The van der Waals surface area contributed by atoms with Crippen molar-refractivity contribution in [1.29, 1.82) is 0 Å². The Morgan fingerprint density at radius 1 is 1.08 bits per heavy atom. The van der Waals surface area contributed by atoms with Crippen LogP contribution in [0.1, 0.15) is 11.1 Å². The van der Waals surface area contributed by atoms with Crippen LogP contribution in [0.3, 0.4) is 0 Å². The van der Waals surface area contributed by atoms with Gasteiger partial charge in [-0.3, -0.25) is 14.5 Å². The molecule has 3 rings (SSSR count). The molecule has 1 aliphatic heterocycles. The molecule has 1 heterocycles. The van der Waals surface area contributed by atoms with Crippen molar-refractivity contribution >= 4 is 57.9 Å². The SMILES string of the molecule is Cc1c(Cl)cccc1NCN1C(=O)S/C(=C/c2ccccc2Cl)C1=O. The minimum atomic E-state index is -0.345. The van der Waals surface area contributed by atoms with E-state index in [4.69, 9.17) is 23.2 Å². The van der Waals surface area contributed by atoms with Gasteiger partial charge in [-0.2, -0.15) is 0 Å². The minimum Gasteiger partial charge on any atom is -0.367 e. The molecule has 2 aromatic carbocycles. The fourth-order valence-electron chi connectivity index (χ4n) is 2.33. The molecule has 0 aliphatic carbocycles. The predicted octanol–water partition coefficient (Wildman–Crippen LogP) is 5.41. The van der Waals surface area contributed by atoms with Crippen molar-refractivity contribution in [1.82, 2.24) is 4.90 Å². The Morgan fingerprint density at radius 2 is 1.80 bits per heavy atom. The molecule has 0 saturated carbocycles. The summed E-state index contributed by atoms with van der Waals surface area (Å²) in [5.41, 5.74) is 2.35. The van der Waals surface area contributed by atoms with Gasteiger partial charge in [-0.25, -0.2) is 0 Å². The van der Waals surface area contributed by atoms with E-state index in [0.717, 1.165) is 27.9 Å². The zero-order valence-electron chi connectivity index (χ0n) is 13.3. The number of benzene rings is 2. The van der Waals surface area contributed by atoms with Crippen LogP contribution in [0.5, 0.6) is 0 Å². The zero-order valence-corrected chi connectivity index (χ0v) is 15.6. The van der Waals surface area contributed by atoms with Crippen LogP contribution in [0.2, 0.25) is 10.0 Å². The number of rotatable bonds is 4. The molecule has 0 atom stereocenters. The van der Waals surface area contributed by atoms with Crippen LogP contribution in [0, 0.1) is 6.92 Å². The first-order chi connectivity index (χ1) is 12.0. The highest BCUT2D eigenvalue weighted by Gasteiger charge is 2.35. The topological polar surface area (TPSA) is 49.4 Å². The number of nitrogens with one attached hydrogen (secondary N) is 1. The molecule has 0 radical (unpaired) electrons. The van der Waals surface area contributed by atoms with Gasteiger partial charge in [0.05, 0.1) is 11.6 Å². The number of carbonyl (C=O) groups excluding carboxylic acids is 2. The summed E-state index contributed by atoms with van der Waals surface area (Å²) in [6.07, 6.45) is 1.64. The molecule has 0 spiro atoms. The molecule has 2 amide bonds. The lowest BCUT2D eigenvalue weighted by Gasteiger charge is -2.16. The maximum atomic E-state index is 12.5. The molecule has 2 aromatic rings. The lowest BCUT2D eigenvalue weighted by Crippen LogP contribution is -2.33. The standard InChI is InChI=1S/C18H14Cl2N2O2S/c1-11-13(19)7-4-8-15(11)21-10-22-17(23)16(25-18(22)24)9-12-5-2-3-6-14(12)20/h2-9,21H,10H2,1H3/b16-9+. The fraction of sp³-hybridized carbons (Fsp3) is 0.111. The third kappa shape index (κ3) is 3.84. The zero-order chi connectivity index (χ0) is 18.0. The van der Waals surface area contributed by atoms with Crippen molar-refractivity contribution in [2.24, 2.45) is 0 Å². The first kappa shape index (κ1) is 17.9. The van der Waals surface area contributed by atoms with Crippen LogP contribution >= 0.6 is 35.0 Å². The van der Waals surface area contributed by atoms with E-state index in [9.17, 15) is 9.59 Å². The summed E-state index contributed by atoms with van der Waals surface area (Å²) in [4.78, 5) is 26.2. The second-order valence-corrected chi connectivity index (χ2v) is 7.19. The molecule has 0 bridgehead atoms. The smallest absolute Gasteiger partial charge is 0.295 e. The third-order valence-corrected chi connectivity index (χ3v) is 5.42. The highest BCUT2D eigenvalue weighted by atomic mass is 35.5. The van der Waals surface area contributed by atoms with Gasteiger partial charge >= 0.3 is 0 Å². The van der Waals surface area contributed by atoms with E-state index in [1.165, 1.54) is 0 Å². The summed E-state index contributed by atoms with van der Waals surface area (Å²) in [5.74, 6) is -0.345. The summed E-state index contributed by atoms with van der Waals surface area (Å²) in [7, 11) is 0. The van der Waals surface area contributed by atoms with Crippen molar-refractivity contribution in [3.8, 4) is 0 Å². The summed E-state index contributed by atoms with van der Waals surface area (Å²) in [6.45, 7) is 1.95. The van der Waals surface area contributed by atoms with Gasteiger partial charge in [-0.1, -0.05) is 47.5 Å². The second-order valence-electron chi connectivity index (χ2n) is 5.38. The fourth-order valence-corrected chi connectivity index (χ4v) is 3.53. The first-order valence-electron chi connectivity index (χ1n) is 7.46. The molecule has 1 fully saturated rings. The van der Waals surface area contributed by atoms with Crippen molar-refractivity contribution in [3.05, 3.63) is 68.5 Å². The number of amides is 2. The molecule has 128 valence electrons. The van der Waals surface area contributed by atoms with Crippen LogP contribution in [-0.4, -0.2) is 22.7 Å². The van der Waals surface area contributed by atoms with Crippen LogP contribution in [0.4, 0.5) is 10.5 Å². The van der Waals surface area contributed by atoms with Gasteiger partial charge in [0.1, 0.15) is 0 Å². The molecule has 7 heteroatoms. The molecule has 4 nitrogen and oxygen atoms in total. The van der Waals surface area contributed by atoms with Crippen LogP contribution < -0.4 is 5.32 Å². The molecular formula is C18H14Cl2N2O2S. The van der Waals surface area contributed by atoms with Crippen molar-refractivity contribution in [2.45, 2.75) is 6.92 Å². The Kier molecular flexibility index (Phi) is 5.37. The third-order valence-electron chi connectivity index (χ3n) is 3.76. The normalized spacial score (nSPS) is 16.0. The average molecular weight is 393 g/mol. The number of imide groups is 1. The van der Waals surface area contributed by atoms with Gasteiger partial charge in [0.2, 0.25) is 0 Å². The van der Waals surface area contributed by atoms with Gasteiger partial charge < -0.3 is 5.32 Å². The number of carbonyl (C=O) groups is 2. The molecule has 0 aromatic heterocycles. The lowest BCUT2D eigenvalue weighted by atomic mass is 10.2. The van der Waals surface area contributed by atoms with Gasteiger partial charge in [-0.15, -0.1) is 0 Å². The van der Waals surface area contributed by atoms with E-state index >= 15 is 0 Å². The van der Waals surface area contributed by atoms with E-state index in [-0.39, 0.29) is 17.8 Å². The summed E-state index contributed by atoms with van der Waals surface area (Å²) in [6, 6.07) is 12.6. The van der Waals surface area contributed by atoms with Crippen LogP contribution in [0.15, 0.2) is 47.4 Å². The largest absolute Gasteiger partial charge is 0.367 e. The Labute approximate surface area is 159 Å². The molecule has 1 saturated heterocycles. The average Bonchev–Trinajstić information content (AvgIpc) is 2.85. The van der Waals surface area contributed by atoms with E-state index in [1.807, 2.05) is 31.2 Å². The molecular weight excluding hydrogens is 379 g/mol. The highest BCUT2D eigenvalue weighted by molar-refractivity contribution is 8.18. The van der Waals surface area contributed by atoms with E-state index < -0.39 is 0 Å². The summed E-state index contributed by atoms with van der Waals surface area (Å²) < 4.78 is 0. The van der Waals surface area contributed by atoms with Gasteiger partial charge in [0, 0.05) is 15.7 Å². The number of anilines is 1. The van der Waals surface area contributed by atoms with Gasteiger partial charge in [-0.05, 0) is 54.1 Å². The molecule has 25 heavy (non-hydrogen) atoms. The Morgan fingerprint density at radius 3 is 2.56 bits per heavy atom. The van der Waals surface area contributed by atoms with Gasteiger partial charge in [0.25, 0.3) is 11.1 Å². The Bertz CT molecular complexity index is 883. The lowest BCUT2D eigenvalue weighted by molar-refractivity contribution is -0.122. The summed E-state index contributed by atoms with van der Waals surface area (Å²) in [5, 5.41) is 3.91. The number of hydrogen-bond acceptors (Lipinski definition) is 4. The first-order valence-corrected chi connectivity index (χ1v) is 9.03. The van der Waals surface area contributed by atoms with E-state index in [1.54, 1.807) is 24.3 Å². The number of thioether (sulfide) groups is 1. The maximum absolute atomic E-state index is 12.5.